The van der Waals surface area contributed by atoms with Gasteiger partial charge in [0, 0.05) is 29.3 Å². The van der Waals surface area contributed by atoms with Gasteiger partial charge in [0.1, 0.15) is 0 Å². The van der Waals surface area contributed by atoms with Crippen molar-refractivity contribution in [3.05, 3.63) is 34.9 Å². The normalized spacial score (nSPS) is 23.2. The first-order valence-electron chi connectivity index (χ1n) is 8.68. The molecule has 0 saturated heterocycles. The number of carbonyl (C=O) groups excluding carboxylic acids is 1. The van der Waals surface area contributed by atoms with Gasteiger partial charge in [0.2, 0.25) is 0 Å². The van der Waals surface area contributed by atoms with Gasteiger partial charge in [-0.2, -0.15) is 0 Å². The lowest BCUT2D eigenvalue weighted by atomic mass is 9.93. The third-order valence-corrected chi connectivity index (χ3v) is 5.31. The molecule has 2 heteroatoms. The van der Waals surface area contributed by atoms with Crippen molar-refractivity contribution in [3.63, 3.8) is 0 Å². The molecule has 1 unspecified atom stereocenters. The van der Waals surface area contributed by atoms with Gasteiger partial charge in [0.25, 0.3) is 0 Å². The molecule has 118 valence electrons. The number of benzene rings is 1. The number of allylic oxidation sites excluding steroid dienone is 2. The summed E-state index contributed by atoms with van der Waals surface area (Å²) in [5.41, 5.74) is 5.73. The molecule has 22 heavy (non-hydrogen) atoms. The number of hydrogen-bond acceptors (Lipinski definition) is 2. The average Bonchev–Trinajstić information content (AvgIpc) is 2.74. The topological polar surface area (TPSA) is 29.1 Å². The Kier molecular flexibility index (Phi) is 4.37. The summed E-state index contributed by atoms with van der Waals surface area (Å²) in [5.74, 6) is 0.687. The lowest BCUT2D eigenvalue weighted by molar-refractivity contribution is -0.113. The zero-order valence-corrected chi connectivity index (χ0v) is 14.0. The molecular formula is C20H27NO. The van der Waals surface area contributed by atoms with Crippen LogP contribution in [0.4, 0.5) is 5.69 Å². The standard InChI is InChI=1S/C20H27NO/c1-13-9-10-17(20-15(3)14(2)12-19(20)22)18(11-13)21-16-7-5-4-6-8-16/h9-11,14,16,21H,4-8,12H2,1-3H3. The molecule has 2 nitrogen and oxygen atoms in total. The second-order valence-corrected chi connectivity index (χ2v) is 7.11. The predicted octanol–water partition coefficient (Wildman–Crippen LogP) is 5.12. The fourth-order valence-corrected chi connectivity index (χ4v) is 3.82. The molecule has 0 aliphatic heterocycles. The number of hydrogen-bond donors (Lipinski definition) is 1. The smallest absolute Gasteiger partial charge is 0.164 e. The number of ketones is 1. The molecule has 0 spiro atoms. The summed E-state index contributed by atoms with van der Waals surface area (Å²) in [5, 5.41) is 3.74. The lowest BCUT2D eigenvalue weighted by Crippen LogP contribution is -2.23. The fourth-order valence-electron chi connectivity index (χ4n) is 3.82. The van der Waals surface area contributed by atoms with Crippen molar-refractivity contribution < 1.29 is 4.79 Å². The highest BCUT2D eigenvalue weighted by atomic mass is 16.1. The molecule has 0 heterocycles. The maximum Gasteiger partial charge on any atom is 0.164 e. The van der Waals surface area contributed by atoms with E-state index in [2.05, 4.69) is 44.3 Å². The molecule has 2 aliphatic carbocycles. The molecule has 1 atom stereocenters. The number of anilines is 1. The van der Waals surface area contributed by atoms with E-state index < -0.39 is 0 Å². The summed E-state index contributed by atoms with van der Waals surface area (Å²) in [6, 6.07) is 7.03. The van der Waals surface area contributed by atoms with Gasteiger partial charge >= 0.3 is 0 Å². The zero-order chi connectivity index (χ0) is 15.7. The van der Waals surface area contributed by atoms with Crippen LogP contribution in [0.3, 0.4) is 0 Å². The Balaban J connectivity index is 1.96. The van der Waals surface area contributed by atoms with Crippen LogP contribution >= 0.6 is 0 Å². The van der Waals surface area contributed by atoms with E-state index in [1.807, 2.05) is 0 Å². The van der Waals surface area contributed by atoms with Crippen molar-refractivity contribution in [2.24, 2.45) is 5.92 Å². The van der Waals surface area contributed by atoms with Crippen molar-refractivity contribution in [1.29, 1.82) is 0 Å². The van der Waals surface area contributed by atoms with Crippen molar-refractivity contribution >= 4 is 17.0 Å². The van der Waals surface area contributed by atoms with Crippen LogP contribution in [-0.4, -0.2) is 11.8 Å². The SMILES string of the molecule is CC1=C(c2ccc(C)cc2NC2CCCCC2)C(=O)CC1C. The number of carbonyl (C=O) groups is 1. The predicted molar refractivity (Wildman–Crippen MR) is 93.1 cm³/mol. The van der Waals surface area contributed by atoms with E-state index in [1.54, 1.807) is 0 Å². The van der Waals surface area contributed by atoms with E-state index in [0.29, 0.717) is 24.2 Å². The summed E-state index contributed by atoms with van der Waals surface area (Å²) >= 11 is 0. The first kappa shape index (κ1) is 15.3. The summed E-state index contributed by atoms with van der Waals surface area (Å²) in [7, 11) is 0. The quantitative estimate of drug-likeness (QED) is 0.838. The van der Waals surface area contributed by atoms with E-state index in [-0.39, 0.29) is 0 Å². The third kappa shape index (κ3) is 2.97. The molecule has 1 fully saturated rings. The van der Waals surface area contributed by atoms with Gasteiger partial charge in [-0.05, 0) is 44.2 Å². The molecule has 1 aromatic carbocycles. The fraction of sp³-hybridized carbons (Fsp3) is 0.550. The molecule has 0 aromatic heterocycles. The van der Waals surface area contributed by atoms with Gasteiger partial charge in [0.15, 0.2) is 5.78 Å². The van der Waals surface area contributed by atoms with Gasteiger partial charge in [-0.3, -0.25) is 4.79 Å². The second kappa shape index (κ2) is 6.28. The largest absolute Gasteiger partial charge is 0.382 e. The third-order valence-electron chi connectivity index (χ3n) is 5.31. The second-order valence-electron chi connectivity index (χ2n) is 7.11. The van der Waals surface area contributed by atoms with Gasteiger partial charge in [-0.1, -0.05) is 43.9 Å². The summed E-state index contributed by atoms with van der Waals surface area (Å²) in [4.78, 5) is 12.4. The van der Waals surface area contributed by atoms with Crippen molar-refractivity contribution in [1.82, 2.24) is 0 Å². The van der Waals surface area contributed by atoms with E-state index in [9.17, 15) is 4.79 Å². The molecule has 1 N–H and O–H groups in total. The molecule has 1 aromatic rings. The molecule has 1 saturated carbocycles. The van der Waals surface area contributed by atoms with Crippen LogP contribution in [0.1, 0.15) is 63.5 Å². The van der Waals surface area contributed by atoms with Crippen molar-refractivity contribution in [2.45, 2.75) is 65.3 Å². The average molecular weight is 297 g/mol. The Morgan fingerprint density at radius 3 is 2.45 bits per heavy atom. The minimum Gasteiger partial charge on any atom is -0.382 e. The summed E-state index contributed by atoms with van der Waals surface area (Å²) in [6.07, 6.45) is 7.15. The molecule has 0 radical (unpaired) electrons. The van der Waals surface area contributed by atoms with Crippen LogP contribution in [0.2, 0.25) is 0 Å². The highest BCUT2D eigenvalue weighted by molar-refractivity contribution is 6.25. The highest BCUT2D eigenvalue weighted by Gasteiger charge is 2.29. The van der Waals surface area contributed by atoms with Crippen LogP contribution in [0.15, 0.2) is 23.8 Å². The number of nitrogens with one attached hydrogen (secondary N) is 1. The van der Waals surface area contributed by atoms with Crippen molar-refractivity contribution in [3.8, 4) is 0 Å². The van der Waals surface area contributed by atoms with Crippen LogP contribution in [0.5, 0.6) is 0 Å². The minimum atomic E-state index is 0.306. The van der Waals surface area contributed by atoms with Crippen molar-refractivity contribution in [2.75, 3.05) is 5.32 Å². The van der Waals surface area contributed by atoms with Crippen LogP contribution in [-0.2, 0) is 4.79 Å². The maximum atomic E-state index is 12.4. The van der Waals surface area contributed by atoms with Gasteiger partial charge in [-0.15, -0.1) is 0 Å². The first-order valence-corrected chi connectivity index (χ1v) is 8.68. The van der Waals surface area contributed by atoms with E-state index in [1.165, 1.54) is 43.2 Å². The number of rotatable bonds is 3. The molecule has 0 bridgehead atoms. The van der Waals surface area contributed by atoms with Crippen LogP contribution in [0, 0.1) is 12.8 Å². The zero-order valence-electron chi connectivity index (χ0n) is 14.0. The Morgan fingerprint density at radius 2 is 1.82 bits per heavy atom. The Morgan fingerprint density at radius 1 is 1.09 bits per heavy atom. The van der Waals surface area contributed by atoms with Gasteiger partial charge < -0.3 is 5.32 Å². The van der Waals surface area contributed by atoms with Crippen LogP contribution < -0.4 is 5.32 Å². The lowest BCUT2D eigenvalue weighted by Gasteiger charge is -2.25. The van der Waals surface area contributed by atoms with E-state index in [4.69, 9.17) is 0 Å². The van der Waals surface area contributed by atoms with Crippen LogP contribution in [0.25, 0.3) is 5.57 Å². The Bertz CT molecular complexity index is 608. The number of Topliss-reactive ketones (excluding diaryl/α,β-unsaturated/α-hetero) is 1. The molecule has 3 rings (SSSR count). The summed E-state index contributed by atoms with van der Waals surface area (Å²) < 4.78 is 0. The minimum absolute atomic E-state index is 0.306. The molecule has 2 aliphatic rings. The number of aryl methyl sites for hydroxylation is 1. The Labute approximate surface area is 134 Å². The Hall–Kier alpha value is -1.57. The maximum absolute atomic E-state index is 12.4. The monoisotopic (exact) mass is 297 g/mol. The summed E-state index contributed by atoms with van der Waals surface area (Å²) in [6.45, 7) is 6.40. The highest BCUT2D eigenvalue weighted by Crippen LogP contribution is 2.38. The molecular weight excluding hydrogens is 270 g/mol. The molecule has 0 amide bonds. The van der Waals surface area contributed by atoms with Gasteiger partial charge in [-0.25, -0.2) is 0 Å². The van der Waals surface area contributed by atoms with E-state index in [0.717, 1.165) is 16.8 Å². The van der Waals surface area contributed by atoms with E-state index >= 15 is 0 Å². The first-order chi connectivity index (χ1) is 10.6. The van der Waals surface area contributed by atoms with Gasteiger partial charge in [0.05, 0.1) is 0 Å².